The summed E-state index contributed by atoms with van der Waals surface area (Å²) in [4.78, 5) is 23.9. The second kappa shape index (κ2) is 7.11. The molecule has 1 amide bonds. The van der Waals surface area contributed by atoms with Crippen LogP contribution in [0.4, 0.5) is 0 Å². The molecule has 0 unspecified atom stereocenters. The molecule has 0 aliphatic rings. The molecule has 0 aliphatic carbocycles. The number of nitrogens with one attached hydrogen (secondary N) is 1. The van der Waals surface area contributed by atoms with E-state index in [-0.39, 0.29) is 18.9 Å². The summed E-state index contributed by atoms with van der Waals surface area (Å²) in [5.41, 5.74) is 1.98. The van der Waals surface area contributed by atoms with E-state index in [2.05, 4.69) is 5.32 Å². The van der Waals surface area contributed by atoms with Crippen LogP contribution in [-0.2, 0) is 17.9 Å². The molecular weight excluding hydrogens is 351 g/mol. The second-order valence-corrected chi connectivity index (χ2v) is 6.16. The number of hydrogen-bond acceptors (Lipinski definition) is 3. The van der Waals surface area contributed by atoms with E-state index in [1.54, 1.807) is 30.3 Å². The standard InChI is InChI=1S/C17H14Cl2N2O3/c18-12-3-1-11(2-4-12)10-20-16(22)7-8-21-14-6-5-13(19)9-15(14)24-17(21)23/h1-6,9H,7-8,10H2,(H,20,22). The van der Waals surface area contributed by atoms with Crippen molar-refractivity contribution < 1.29 is 9.21 Å². The highest BCUT2D eigenvalue weighted by Crippen LogP contribution is 2.18. The molecule has 0 atom stereocenters. The normalized spacial score (nSPS) is 10.9. The number of amides is 1. The van der Waals surface area contributed by atoms with Crippen molar-refractivity contribution in [3.63, 3.8) is 0 Å². The Bertz CT molecular complexity index is 929. The third kappa shape index (κ3) is 3.80. The Morgan fingerprint density at radius 3 is 2.54 bits per heavy atom. The Balaban J connectivity index is 1.61. The van der Waals surface area contributed by atoms with E-state index in [4.69, 9.17) is 27.6 Å². The van der Waals surface area contributed by atoms with Crippen LogP contribution in [0, 0.1) is 0 Å². The van der Waals surface area contributed by atoms with Gasteiger partial charge in [0.15, 0.2) is 5.58 Å². The van der Waals surface area contributed by atoms with Gasteiger partial charge in [0.2, 0.25) is 5.91 Å². The molecule has 0 spiro atoms. The van der Waals surface area contributed by atoms with Gasteiger partial charge in [-0.25, -0.2) is 4.79 Å². The van der Waals surface area contributed by atoms with Crippen molar-refractivity contribution in [2.24, 2.45) is 0 Å². The van der Waals surface area contributed by atoms with Crippen LogP contribution in [0.25, 0.3) is 11.1 Å². The minimum atomic E-state index is -0.502. The Hall–Kier alpha value is -2.24. The van der Waals surface area contributed by atoms with E-state index in [1.807, 2.05) is 12.1 Å². The summed E-state index contributed by atoms with van der Waals surface area (Å²) in [6.07, 6.45) is 0.171. The zero-order chi connectivity index (χ0) is 17.1. The molecular formula is C17H14Cl2N2O3. The van der Waals surface area contributed by atoms with Crippen LogP contribution in [-0.4, -0.2) is 10.5 Å². The summed E-state index contributed by atoms with van der Waals surface area (Å²) in [6, 6.07) is 12.2. The molecule has 3 rings (SSSR count). The number of benzene rings is 2. The number of nitrogens with zero attached hydrogens (tertiary/aromatic N) is 1. The van der Waals surface area contributed by atoms with Crippen LogP contribution in [0.1, 0.15) is 12.0 Å². The van der Waals surface area contributed by atoms with Crippen molar-refractivity contribution in [2.45, 2.75) is 19.5 Å². The first kappa shape index (κ1) is 16.6. The van der Waals surface area contributed by atoms with Crippen LogP contribution >= 0.6 is 23.2 Å². The van der Waals surface area contributed by atoms with Crippen LogP contribution in [0.3, 0.4) is 0 Å². The molecule has 24 heavy (non-hydrogen) atoms. The van der Waals surface area contributed by atoms with E-state index < -0.39 is 5.76 Å². The van der Waals surface area contributed by atoms with Crippen molar-refractivity contribution in [1.82, 2.24) is 9.88 Å². The monoisotopic (exact) mass is 364 g/mol. The fraction of sp³-hybridized carbons (Fsp3) is 0.176. The van der Waals surface area contributed by atoms with Crippen LogP contribution < -0.4 is 11.1 Å². The lowest BCUT2D eigenvalue weighted by Gasteiger charge is -2.06. The minimum Gasteiger partial charge on any atom is -0.408 e. The van der Waals surface area contributed by atoms with Crippen molar-refractivity contribution >= 4 is 40.2 Å². The SMILES string of the molecule is O=C(CCn1c(=O)oc2cc(Cl)ccc21)NCc1ccc(Cl)cc1. The highest BCUT2D eigenvalue weighted by Gasteiger charge is 2.11. The van der Waals surface area contributed by atoms with Gasteiger partial charge in [0.1, 0.15) is 0 Å². The molecule has 1 N–H and O–H groups in total. The molecule has 124 valence electrons. The topological polar surface area (TPSA) is 64.2 Å². The number of oxazole rings is 1. The lowest BCUT2D eigenvalue weighted by Crippen LogP contribution is -2.25. The van der Waals surface area contributed by atoms with Gasteiger partial charge in [-0.15, -0.1) is 0 Å². The first-order valence-electron chi connectivity index (χ1n) is 7.33. The predicted octanol–water partition coefficient (Wildman–Crippen LogP) is 3.61. The van der Waals surface area contributed by atoms with E-state index in [0.29, 0.717) is 27.7 Å². The summed E-state index contributed by atoms with van der Waals surface area (Å²) in [6.45, 7) is 0.645. The number of aromatic nitrogens is 1. The van der Waals surface area contributed by atoms with Gasteiger partial charge >= 0.3 is 5.76 Å². The number of aryl methyl sites for hydroxylation is 1. The smallest absolute Gasteiger partial charge is 0.408 e. The Morgan fingerprint density at radius 2 is 1.79 bits per heavy atom. The molecule has 0 saturated carbocycles. The number of carbonyl (C=O) groups is 1. The Labute approximate surface area is 147 Å². The maximum Gasteiger partial charge on any atom is 0.419 e. The first-order valence-corrected chi connectivity index (χ1v) is 8.08. The van der Waals surface area contributed by atoms with Crippen LogP contribution in [0.2, 0.25) is 10.0 Å². The fourth-order valence-electron chi connectivity index (χ4n) is 2.36. The van der Waals surface area contributed by atoms with Crippen molar-refractivity contribution in [2.75, 3.05) is 0 Å². The summed E-state index contributed by atoms with van der Waals surface area (Å²) >= 11 is 11.7. The highest BCUT2D eigenvalue weighted by molar-refractivity contribution is 6.31. The average Bonchev–Trinajstić information content (AvgIpc) is 2.86. The summed E-state index contributed by atoms with van der Waals surface area (Å²) in [5, 5.41) is 3.95. The molecule has 0 fully saturated rings. The maximum absolute atomic E-state index is 12.0. The first-order chi connectivity index (χ1) is 11.5. The van der Waals surface area contributed by atoms with Crippen LogP contribution in [0.5, 0.6) is 0 Å². The third-order valence-corrected chi connectivity index (χ3v) is 4.08. The molecule has 0 saturated heterocycles. The van der Waals surface area contributed by atoms with Crippen LogP contribution in [0.15, 0.2) is 51.7 Å². The number of halogens is 2. The second-order valence-electron chi connectivity index (χ2n) is 5.28. The molecule has 0 aliphatic heterocycles. The summed E-state index contributed by atoms with van der Waals surface area (Å²) in [7, 11) is 0. The average molecular weight is 365 g/mol. The predicted molar refractivity (Wildman–Crippen MR) is 93.4 cm³/mol. The van der Waals surface area contributed by atoms with Gasteiger partial charge in [-0.3, -0.25) is 9.36 Å². The largest absolute Gasteiger partial charge is 0.419 e. The van der Waals surface area contributed by atoms with E-state index in [0.717, 1.165) is 5.56 Å². The summed E-state index contributed by atoms with van der Waals surface area (Å²) in [5.74, 6) is -0.655. The highest BCUT2D eigenvalue weighted by atomic mass is 35.5. The summed E-state index contributed by atoms with van der Waals surface area (Å²) < 4.78 is 6.56. The van der Waals surface area contributed by atoms with Gasteiger partial charge < -0.3 is 9.73 Å². The van der Waals surface area contributed by atoms with Gasteiger partial charge in [-0.1, -0.05) is 35.3 Å². The lowest BCUT2D eigenvalue weighted by atomic mass is 10.2. The Kier molecular flexibility index (Phi) is 4.92. The molecule has 7 heteroatoms. The number of fused-ring (bicyclic) bond motifs is 1. The molecule has 1 heterocycles. The molecule has 2 aromatic carbocycles. The van der Waals surface area contributed by atoms with Crippen molar-refractivity contribution in [3.05, 3.63) is 68.6 Å². The molecule has 1 aromatic heterocycles. The zero-order valence-electron chi connectivity index (χ0n) is 12.6. The maximum atomic E-state index is 12.0. The Morgan fingerprint density at radius 1 is 1.08 bits per heavy atom. The molecule has 0 radical (unpaired) electrons. The molecule has 3 aromatic rings. The lowest BCUT2D eigenvalue weighted by molar-refractivity contribution is -0.121. The van der Waals surface area contributed by atoms with Crippen molar-refractivity contribution in [3.8, 4) is 0 Å². The third-order valence-electron chi connectivity index (χ3n) is 3.60. The molecule has 5 nitrogen and oxygen atoms in total. The van der Waals surface area contributed by atoms with E-state index in [1.165, 1.54) is 4.57 Å². The van der Waals surface area contributed by atoms with Gasteiger partial charge in [-0.2, -0.15) is 0 Å². The van der Waals surface area contributed by atoms with Gasteiger partial charge in [-0.05, 0) is 29.8 Å². The van der Waals surface area contributed by atoms with Crippen molar-refractivity contribution in [1.29, 1.82) is 0 Å². The number of hydrogen-bond donors (Lipinski definition) is 1. The van der Waals surface area contributed by atoms with E-state index in [9.17, 15) is 9.59 Å². The minimum absolute atomic E-state index is 0.153. The van der Waals surface area contributed by atoms with Gasteiger partial charge in [0.25, 0.3) is 0 Å². The van der Waals surface area contributed by atoms with Gasteiger partial charge in [0, 0.05) is 35.6 Å². The number of carbonyl (C=O) groups excluding carboxylic acids is 1. The quantitative estimate of drug-likeness (QED) is 0.751. The zero-order valence-corrected chi connectivity index (χ0v) is 14.1. The van der Waals surface area contributed by atoms with E-state index >= 15 is 0 Å². The van der Waals surface area contributed by atoms with Gasteiger partial charge in [0.05, 0.1) is 5.52 Å². The molecule has 0 bridgehead atoms. The fourth-order valence-corrected chi connectivity index (χ4v) is 2.64. The number of rotatable bonds is 5.